The second-order valence-corrected chi connectivity index (χ2v) is 5.84. The lowest BCUT2D eigenvalue weighted by Crippen LogP contribution is -2.14. The molecule has 22 heavy (non-hydrogen) atoms. The van der Waals surface area contributed by atoms with E-state index in [9.17, 15) is 4.79 Å². The van der Waals surface area contributed by atoms with Crippen LogP contribution in [0.25, 0.3) is 12.2 Å². The number of hydrogen-bond donors (Lipinski definition) is 2. The minimum absolute atomic E-state index is 0.362. The topological polar surface area (TPSA) is 49.3 Å². The van der Waals surface area contributed by atoms with E-state index in [1.807, 2.05) is 6.07 Å². The molecule has 112 valence electrons. The average Bonchev–Trinajstić information content (AvgIpc) is 2.95. The Balaban J connectivity index is 1.83. The normalized spacial score (nSPS) is 22.7. The number of carbonyl (C=O) groups excluding carboxylic acids is 1. The monoisotopic (exact) mass is 293 g/mol. The highest BCUT2D eigenvalue weighted by atomic mass is 16.5. The van der Waals surface area contributed by atoms with Crippen LogP contribution >= 0.6 is 0 Å². The molecule has 0 spiro atoms. The SMILES string of the molecule is CC1C=CC=C(C2C=Cc3cc(/C=C/C(=O)NO)ccc32)C1. The molecule has 2 aliphatic rings. The fraction of sp³-hybridized carbons (Fsp3) is 0.211. The maximum absolute atomic E-state index is 11.0. The van der Waals surface area contributed by atoms with Crippen molar-refractivity contribution in [1.82, 2.24) is 5.48 Å². The van der Waals surface area contributed by atoms with Crippen molar-refractivity contribution >= 4 is 18.1 Å². The molecular formula is C19H19NO2. The number of nitrogens with one attached hydrogen (secondary N) is 1. The van der Waals surface area contributed by atoms with Gasteiger partial charge in [-0.25, -0.2) is 5.48 Å². The molecule has 1 aromatic rings. The molecule has 0 heterocycles. The van der Waals surface area contributed by atoms with Gasteiger partial charge in [0.15, 0.2) is 0 Å². The Morgan fingerprint density at radius 1 is 1.36 bits per heavy atom. The van der Waals surface area contributed by atoms with Crippen LogP contribution in [0.15, 0.2) is 54.2 Å². The van der Waals surface area contributed by atoms with Crippen LogP contribution in [0.5, 0.6) is 0 Å². The third kappa shape index (κ3) is 2.95. The molecule has 2 atom stereocenters. The predicted octanol–water partition coefficient (Wildman–Crippen LogP) is 3.84. The Morgan fingerprint density at radius 2 is 2.23 bits per heavy atom. The highest BCUT2D eigenvalue weighted by Gasteiger charge is 2.22. The van der Waals surface area contributed by atoms with Crippen LogP contribution in [0.4, 0.5) is 0 Å². The number of amides is 1. The molecule has 0 aromatic heterocycles. The fourth-order valence-electron chi connectivity index (χ4n) is 3.07. The second-order valence-electron chi connectivity index (χ2n) is 5.84. The van der Waals surface area contributed by atoms with Gasteiger partial charge >= 0.3 is 0 Å². The summed E-state index contributed by atoms with van der Waals surface area (Å²) in [5, 5.41) is 8.49. The third-order valence-corrected chi connectivity index (χ3v) is 4.16. The van der Waals surface area contributed by atoms with Crippen LogP contribution in [0, 0.1) is 5.92 Å². The van der Waals surface area contributed by atoms with E-state index < -0.39 is 5.91 Å². The zero-order chi connectivity index (χ0) is 15.5. The first kappa shape index (κ1) is 14.5. The lowest BCUT2D eigenvalue weighted by Gasteiger charge is -2.20. The van der Waals surface area contributed by atoms with Crippen LogP contribution in [-0.2, 0) is 4.79 Å². The molecule has 3 nitrogen and oxygen atoms in total. The lowest BCUT2D eigenvalue weighted by molar-refractivity contribution is -0.124. The van der Waals surface area contributed by atoms with E-state index in [1.54, 1.807) is 11.6 Å². The first-order chi connectivity index (χ1) is 10.7. The van der Waals surface area contributed by atoms with Gasteiger partial charge in [-0.15, -0.1) is 0 Å². The molecule has 2 unspecified atom stereocenters. The summed E-state index contributed by atoms with van der Waals surface area (Å²) < 4.78 is 0. The van der Waals surface area contributed by atoms with Crippen molar-refractivity contribution < 1.29 is 10.0 Å². The van der Waals surface area contributed by atoms with Crippen molar-refractivity contribution in [1.29, 1.82) is 0 Å². The molecule has 0 bridgehead atoms. The largest absolute Gasteiger partial charge is 0.288 e. The van der Waals surface area contributed by atoms with E-state index in [-0.39, 0.29) is 0 Å². The standard InChI is InChI=1S/C19H19NO2/c1-13-3-2-4-15(11-13)18-9-7-16-12-14(5-8-17(16)18)6-10-19(21)20-22/h2-10,12-13,18,22H,11H2,1H3,(H,20,21)/b10-6+. The number of allylic oxidation sites excluding steroid dienone is 5. The van der Waals surface area contributed by atoms with Crippen LogP contribution in [0.3, 0.4) is 0 Å². The Morgan fingerprint density at radius 3 is 3.00 bits per heavy atom. The molecule has 3 heteroatoms. The van der Waals surface area contributed by atoms with Gasteiger partial charge in [0.25, 0.3) is 5.91 Å². The van der Waals surface area contributed by atoms with Gasteiger partial charge in [-0.05, 0) is 41.2 Å². The van der Waals surface area contributed by atoms with Gasteiger partial charge in [0.2, 0.25) is 0 Å². The number of hydroxylamine groups is 1. The average molecular weight is 293 g/mol. The van der Waals surface area contributed by atoms with Crippen molar-refractivity contribution in [2.75, 3.05) is 0 Å². The first-order valence-corrected chi connectivity index (χ1v) is 7.49. The Kier molecular flexibility index (Phi) is 4.07. The Labute approximate surface area is 130 Å². The zero-order valence-electron chi connectivity index (χ0n) is 12.5. The van der Waals surface area contributed by atoms with Gasteiger partial charge in [0, 0.05) is 12.0 Å². The number of carbonyl (C=O) groups is 1. The smallest absolute Gasteiger partial charge is 0.267 e. The molecule has 2 aliphatic carbocycles. The summed E-state index contributed by atoms with van der Waals surface area (Å²) in [4.78, 5) is 11.0. The number of fused-ring (bicyclic) bond motifs is 1. The maximum atomic E-state index is 11.0. The van der Waals surface area contributed by atoms with Crippen molar-refractivity contribution in [3.8, 4) is 0 Å². The molecule has 2 N–H and O–H groups in total. The predicted molar refractivity (Wildman–Crippen MR) is 88.2 cm³/mol. The second kappa shape index (κ2) is 6.16. The van der Waals surface area contributed by atoms with Crippen LogP contribution in [0.1, 0.15) is 36.0 Å². The minimum atomic E-state index is -0.526. The minimum Gasteiger partial charge on any atom is -0.288 e. The molecular weight excluding hydrogens is 274 g/mol. The van der Waals surface area contributed by atoms with Crippen LogP contribution in [-0.4, -0.2) is 11.1 Å². The maximum Gasteiger partial charge on any atom is 0.267 e. The summed E-state index contributed by atoms with van der Waals surface area (Å²) in [5.74, 6) is 0.430. The van der Waals surface area contributed by atoms with Crippen LogP contribution < -0.4 is 5.48 Å². The van der Waals surface area contributed by atoms with Crippen molar-refractivity contribution in [2.45, 2.75) is 19.3 Å². The van der Waals surface area contributed by atoms with Gasteiger partial charge in [-0.2, -0.15) is 0 Å². The first-order valence-electron chi connectivity index (χ1n) is 7.49. The zero-order valence-corrected chi connectivity index (χ0v) is 12.5. The van der Waals surface area contributed by atoms with Crippen molar-refractivity contribution in [2.24, 2.45) is 5.92 Å². The highest BCUT2D eigenvalue weighted by Crippen LogP contribution is 2.39. The summed E-state index contributed by atoms with van der Waals surface area (Å²) in [6.45, 7) is 2.24. The van der Waals surface area contributed by atoms with E-state index in [4.69, 9.17) is 5.21 Å². The summed E-state index contributed by atoms with van der Waals surface area (Å²) in [7, 11) is 0. The molecule has 3 rings (SSSR count). The van der Waals surface area contributed by atoms with Gasteiger partial charge < -0.3 is 0 Å². The molecule has 0 saturated heterocycles. The van der Waals surface area contributed by atoms with E-state index in [0.29, 0.717) is 11.8 Å². The number of rotatable bonds is 3. The quantitative estimate of drug-likeness (QED) is 0.505. The van der Waals surface area contributed by atoms with Gasteiger partial charge in [-0.1, -0.05) is 55.0 Å². The van der Waals surface area contributed by atoms with E-state index in [1.165, 1.54) is 22.8 Å². The van der Waals surface area contributed by atoms with Gasteiger partial charge in [0.05, 0.1) is 0 Å². The van der Waals surface area contributed by atoms with Gasteiger partial charge in [0.1, 0.15) is 0 Å². The van der Waals surface area contributed by atoms with Crippen molar-refractivity contribution in [3.63, 3.8) is 0 Å². The molecule has 0 aliphatic heterocycles. The number of hydrogen-bond acceptors (Lipinski definition) is 2. The lowest BCUT2D eigenvalue weighted by atomic mass is 9.84. The fourth-order valence-corrected chi connectivity index (χ4v) is 3.07. The van der Waals surface area contributed by atoms with E-state index in [2.05, 4.69) is 49.4 Å². The van der Waals surface area contributed by atoms with E-state index >= 15 is 0 Å². The Bertz CT molecular complexity index is 710. The summed E-state index contributed by atoms with van der Waals surface area (Å²) >= 11 is 0. The summed E-state index contributed by atoms with van der Waals surface area (Å²) in [6.07, 6.45) is 15.1. The summed E-state index contributed by atoms with van der Waals surface area (Å²) in [5.41, 5.74) is 6.49. The highest BCUT2D eigenvalue weighted by molar-refractivity contribution is 5.91. The Hall–Kier alpha value is -2.39. The summed E-state index contributed by atoms with van der Waals surface area (Å²) in [6, 6.07) is 6.19. The molecule has 0 radical (unpaired) electrons. The van der Waals surface area contributed by atoms with Crippen molar-refractivity contribution in [3.05, 3.63) is 70.8 Å². The molecule has 0 saturated carbocycles. The molecule has 1 aromatic carbocycles. The molecule has 1 amide bonds. The van der Waals surface area contributed by atoms with E-state index in [0.717, 1.165) is 12.0 Å². The molecule has 0 fully saturated rings. The van der Waals surface area contributed by atoms with Gasteiger partial charge in [-0.3, -0.25) is 10.0 Å². The van der Waals surface area contributed by atoms with Crippen LogP contribution in [0.2, 0.25) is 0 Å². The number of benzene rings is 1. The third-order valence-electron chi connectivity index (χ3n) is 4.16.